The van der Waals surface area contributed by atoms with Crippen molar-refractivity contribution in [2.45, 2.75) is 33.1 Å². The normalized spacial score (nSPS) is 11.2. The molecule has 0 fully saturated rings. The highest BCUT2D eigenvalue weighted by Crippen LogP contribution is 2.22. The van der Waals surface area contributed by atoms with Crippen LogP contribution in [0.2, 0.25) is 0 Å². The zero-order valence-electron chi connectivity index (χ0n) is 13.8. The van der Waals surface area contributed by atoms with Crippen LogP contribution in [-0.2, 0) is 6.42 Å². The Balaban J connectivity index is 2.08. The van der Waals surface area contributed by atoms with Gasteiger partial charge in [0.25, 0.3) is 5.56 Å². The largest absolute Gasteiger partial charge is 0.292 e. The maximum atomic E-state index is 13.8. The highest BCUT2D eigenvalue weighted by molar-refractivity contribution is 7.17. The van der Waals surface area contributed by atoms with E-state index >= 15 is 0 Å². The molecule has 1 aromatic carbocycles. The highest BCUT2D eigenvalue weighted by Gasteiger charge is 2.19. The molecule has 0 aliphatic carbocycles. The van der Waals surface area contributed by atoms with Crippen molar-refractivity contribution in [2.75, 3.05) is 0 Å². The van der Waals surface area contributed by atoms with E-state index in [-0.39, 0.29) is 23.3 Å². The molecule has 25 heavy (non-hydrogen) atoms. The number of thiazole rings is 1. The number of carbonyl (C=O) groups is 1. The van der Waals surface area contributed by atoms with E-state index in [9.17, 15) is 18.4 Å². The molecule has 0 unspecified atom stereocenters. The minimum Gasteiger partial charge on any atom is -0.292 e. The van der Waals surface area contributed by atoms with Crippen LogP contribution < -0.4 is 5.56 Å². The first-order valence-corrected chi connectivity index (χ1v) is 8.72. The quantitative estimate of drug-likeness (QED) is 0.647. The molecule has 2 heterocycles. The third-order valence-electron chi connectivity index (χ3n) is 3.89. The van der Waals surface area contributed by atoms with Crippen molar-refractivity contribution in [1.29, 1.82) is 0 Å². The van der Waals surface area contributed by atoms with Crippen LogP contribution >= 0.6 is 11.3 Å². The van der Waals surface area contributed by atoms with Gasteiger partial charge in [-0.05, 0) is 25.0 Å². The van der Waals surface area contributed by atoms with E-state index < -0.39 is 11.6 Å². The molecule has 0 spiro atoms. The second kappa shape index (κ2) is 6.84. The van der Waals surface area contributed by atoms with Crippen LogP contribution in [0.5, 0.6) is 0 Å². The van der Waals surface area contributed by atoms with Gasteiger partial charge in [-0.15, -0.1) is 11.3 Å². The van der Waals surface area contributed by atoms with Crippen molar-refractivity contribution in [1.82, 2.24) is 9.38 Å². The van der Waals surface area contributed by atoms with Crippen LogP contribution in [0.25, 0.3) is 4.96 Å². The van der Waals surface area contributed by atoms with Crippen molar-refractivity contribution in [3.05, 3.63) is 68.1 Å². The summed E-state index contributed by atoms with van der Waals surface area (Å²) >= 11 is 1.24. The molecule has 0 atom stereocenters. The predicted octanol–water partition coefficient (Wildman–Crippen LogP) is 3.92. The number of hydrogen-bond acceptors (Lipinski definition) is 4. The van der Waals surface area contributed by atoms with Gasteiger partial charge in [0.05, 0.1) is 5.69 Å². The Morgan fingerprint density at radius 3 is 2.80 bits per heavy atom. The molecule has 130 valence electrons. The van der Waals surface area contributed by atoms with Crippen molar-refractivity contribution < 1.29 is 13.6 Å². The van der Waals surface area contributed by atoms with E-state index in [0.29, 0.717) is 29.2 Å². The van der Waals surface area contributed by atoms with Crippen LogP contribution in [0.1, 0.15) is 46.4 Å². The number of ketones is 1. The molecule has 2 aromatic heterocycles. The Morgan fingerprint density at radius 1 is 1.32 bits per heavy atom. The van der Waals surface area contributed by atoms with Gasteiger partial charge in [-0.25, -0.2) is 18.2 Å². The van der Waals surface area contributed by atoms with Gasteiger partial charge < -0.3 is 0 Å². The topological polar surface area (TPSA) is 51.4 Å². The van der Waals surface area contributed by atoms with E-state index in [4.69, 9.17) is 0 Å². The summed E-state index contributed by atoms with van der Waals surface area (Å²) in [6.07, 6.45) is 1.05. The van der Waals surface area contributed by atoms with E-state index in [1.807, 2.05) is 6.92 Å². The Labute approximate surface area is 146 Å². The molecule has 0 saturated carbocycles. The van der Waals surface area contributed by atoms with E-state index in [2.05, 4.69) is 4.98 Å². The highest BCUT2D eigenvalue weighted by atomic mass is 32.1. The number of Topliss-reactive ketones (excluding diaryl/α,β-unsaturated/α-hetero) is 1. The monoisotopic (exact) mass is 362 g/mol. The second-order valence-electron chi connectivity index (χ2n) is 5.77. The smallest absolute Gasteiger partial charge is 0.259 e. The number of nitrogens with zero attached hydrogens (tertiary/aromatic N) is 2. The number of benzene rings is 1. The molecule has 3 rings (SSSR count). The minimum absolute atomic E-state index is 0.00448. The lowest BCUT2D eigenvalue weighted by Crippen LogP contribution is -2.19. The lowest BCUT2D eigenvalue weighted by Gasteiger charge is -2.05. The van der Waals surface area contributed by atoms with Crippen LogP contribution in [0.4, 0.5) is 8.78 Å². The van der Waals surface area contributed by atoms with Gasteiger partial charge in [-0.1, -0.05) is 19.1 Å². The molecule has 0 aliphatic heterocycles. The summed E-state index contributed by atoms with van der Waals surface area (Å²) < 4.78 is 28.5. The number of carbonyl (C=O) groups excluding carboxylic acids is 1. The predicted molar refractivity (Wildman–Crippen MR) is 92.5 cm³/mol. The first kappa shape index (κ1) is 17.4. The fourth-order valence-corrected chi connectivity index (χ4v) is 3.77. The van der Waals surface area contributed by atoms with Gasteiger partial charge in [-0.3, -0.25) is 9.59 Å². The van der Waals surface area contributed by atoms with Gasteiger partial charge in [-0.2, -0.15) is 0 Å². The van der Waals surface area contributed by atoms with Gasteiger partial charge in [0.2, 0.25) is 0 Å². The lowest BCUT2D eigenvalue weighted by atomic mass is 10.1. The van der Waals surface area contributed by atoms with Crippen molar-refractivity contribution in [3.63, 3.8) is 0 Å². The average Bonchev–Trinajstić information content (AvgIpc) is 2.88. The molecule has 3 aromatic rings. The van der Waals surface area contributed by atoms with E-state index in [1.165, 1.54) is 33.9 Å². The molecule has 0 aliphatic rings. The number of halogens is 2. The summed E-state index contributed by atoms with van der Waals surface area (Å²) in [7, 11) is 0. The molecule has 7 heteroatoms. The molecular formula is C18H16F2N2O2S. The molecule has 0 radical (unpaired) electrons. The van der Waals surface area contributed by atoms with Gasteiger partial charge in [0.1, 0.15) is 5.69 Å². The first-order valence-electron chi connectivity index (χ1n) is 7.90. The standard InChI is InChI=1S/C18H16F2N2O2S/c1-3-5-14(23)17-10(2)25-18-21-12(9-15(24)22(17)18)8-11-6-4-7-13(19)16(11)20/h4,6-7,9H,3,5,8H2,1-2H3. The minimum atomic E-state index is -0.939. The summed E-state index contributed by atoms with van der Waals surface area (Å²) in [5.74, 6) is -1.97. The molecular weight excluding hydrogens is 346 g/mol. The number of rotatable bonds is 5. The fourth-order valence-electron chi connectivity index (χ4n) is 2.76. The maximum Gasteiger partial charge on any atom is 0.259 e. The summed E-state index contributed by atoms with van der Waals surface area (Å²) in [5.41, 5.74) is 0.445. The SMILES string of the molecule is CCCC(=O)c1c(C)sc2nc(Cc3cccc(F)c3F)cc(=O)n12. The fraction of sp³-hybridized carbons (Fsp3) is 0.278. The van der Waals surface area contributed by atoms with Crippen LogP contribution in [0.15, 0.2) is 29.1 Å². The molecule has 0 bridgehead atoms. The summed E-state index contributed by atoms with van der Waals surface area (Å²) in [4.78, 5) is 30.2. The number of hydrogen-bond donors (Lipinski definition) is 0. The molecule has 0 saturated heterocycles. The summed E-state index contributed by atoms with van der Waals surface area (Å²) in [6, 6.07) is 5.18. The maximum absolute atomic E-state index is 13.8. The average molecular weight is 362 g/mol. The summed E-state index contributed by atoms with van der Waals surface area (Å²) in [6.45, 7) is 3.67. The van der Waals surface area contributed by atoms with E-state index in [1.54, 1.807) is 6.92 Å². The van der Waals surface area contributed by atoms with Gasteiger partial charge >= 0.3 is 0 Å². The van der Waals surface area contributed by atoms with Crippen LogP contribution in [0.3, 0.4) is 0 Å². The zero-order chi connectivity index (χ0) is 18.1. The Morgan fingerprint density at radius 2 is 2.08 bits per heavy atom. The number of aromatic nitrogens is 2. The van der Waals surface area contributed by atoms with Crippen LogP contribution in [0, 0.1) is 18.6 Å². The Hall–Kier alpha value is -2.41. The Bertz CT molecular complexity index is 1020. The summed E-state index contributed by atoms with van der Waals surface area (Å²) in [5, 5.41) is 0. The molecule has 4 nitrogen and oxygen atoms in total. The second-order valence-corrected chi connectivity index (χ2v) is 6.96. The van der Waals surface area contributed by atoms with Crippen molar-refractivity contribution in [3.8, 4) is 0 Å². The van der Waals surface area contributed by atoms with Crippen molar-refractivity contribution >= 4 is 22.1 Å². The molecule has 0 N–H and O–H groups in total. The first-order chi connectivity index (χ1) is 11.9. The van der Waals surface area contributed by atoms with Crippen LogP contribution in [-0.4, -0.2) is 15.2 Å². The third kappa shape index (κ3) is 3.24. The zero-order valence-corrected chi connectivity index (χ0v) is 14.6. The van der Waals surface area contributed by atoms with Gasteiger partial charge in [0, 0.05) is 23.8 Å². The number of fused-ring (bicyclic) bond motifs is 1. The van der Waals surface area contributed by atoms with E-state index in [0.717, 1.165) is 10.9 Å². The Kier molecular flexibility index (Phi) is 4.76. The lowest BCUT2D eigenvalue weighted by molar-refractivity contribution is 0.0975. The van der Waals surface area contributed by atoms with Crippen molar-refractivity contribution in [2.24, 2.45) is 0 Å². The molecule has 0 amide bonds. The third-order valence-corrected chi connectivity index (χ3v) is 4.84. The van der Waals surface area contributed by atoms with Gasteiger partial charge in [0.15, 0.2) is 22.4 Å². The number of aryl methyl sites for hydroxylation is 1.